The third-order valence-electron chi connectivity index (χ3n) is 3.70. The predicted octanol–water partition coefficient (Wildman–Crippen LogP) is 1.04. The van der Waals surface area contributed by atoms with Crippen molar-refractivity contribution in [1.29, 1.82) is 0 Å². The van der Waals surface area contributed by atoms with Gasteiger partial charge in [-0.1, -0.05) is 6.07 Å². The highest BCUT2D eigenvalue weighted by molar-refractivity contribution is 5.26. The molecule has 3 heterocycles. The summed E-state index contributed by atoms with van der Waals surface area (Å²) >= 11 is 0. The zero-order valence-corrected chi connectivity index (χ0v) is 12.2. The van der Waals surface area contributed by atoms with Crippen molar-refractivity contribution in [2.24, 2.45) is 0 Å². The van der Waals surface area contributed by atoms with E-state index in [1.807, 2.05) is 19.1 Å². The fourth-order valence-corrected chi connectivity index (χ4v) is 2.71. The van der Waals surface area contributed by atoms with Crippen LogP contribution in [-0.2, 0) is 19.5 Å². The van der Waals surface area contributed by atoms with E-state index in [0.717, 1.165) is 29.8 Å². The first kappa shape index (κ1) is 13.8. The lowest BCUT2D eigenvalue weighted by atomic mass is 10.1. The van der Waals surface area contributed by atoms with E-state index in [9.17, 15) is 4.79 Å². The number of hydrogen-bond acceptors (Lipinski definition) is 5. The molecule has 2 aromatic heterocycles. The van der Waals surface area contributed by atoms with E-state index >= 15 is 0 Å². The Morgan fingerprint density at radius 3 is 3.14 bits per heavy atom. The number of methoxy groups -OCH3 is 1. The monoisotopic (exact) mass is 286 g/mol. The van der Waals surface area contributed by atoms with Crippen molar-refractivity contribution >= 4 is 0 Å². The fraction of sp³-hybridized carbons (Fsp3) is 0.400. The summed E-state index contributed by atoms with van der Waals surface area (Å²) in [5, 5.41) is 0. The second-order valence-corrected chi connectivity index (χ2v) is 5.21. The molecular formula is C15H18N4O2. The van der Waals surface area contributed by atoms with Crippen LogP contribution in [-0.4, -0.2) is 33.5 Å². The summed E-state index contributed by atoms with van der Waals surface area (Å²) in [5.74, 6) is 1.32. The van der Waals surface area contributed by atoms with Crippen LogP contribution in [0.2, 0.25) is 0 Å². The van der Waals surface area contributed by atoms with Gasteiger partial charge in [-0.15, -0.1) is 0 Å². The van der Waals surface area contributed by atoms with Gasteiger partial charge in [0.2, 0.25) is 5.88 Å². The molecule has 0 aliphatic carbocycles. The van der Waals surface area contributed by atoms with Crippen molar-refractivity contribution in [3.05, 3.63) is 51.3 Å². The van der Waals surface area contributed by atoms with Crippen molar-refractivity contribution in [3.63, 3.8) is 0 Å². The number of nitrogens with zero attached hydrogens (tertiary/aromatic N) is 3. The molecule has 0 saturated carbocycles. The van der Waals surface area contributed by atoms with E-state index in [4.69, 9.17) is 4.74 Å². The van der Waals surface area contributed by atoms with E-state index in [0.29, 0.717) is 24.8 Å². The van der Waals surface area contributed by atoms with Crippen LogP contribution in [0.15, 0.2) is 23.1 Å². The largest absolute Gasteiger partial charge is 0.481 e. The summed E-state index contributed by atoms with van der Waals surface area (Å²) in [7, 11) is 1.62. The minimum Gasteiger partial charge on any atom is -0.481 e. The second-order valence-electron chi connectivity index (χ2n) is 5.21. The molecule has 6 nitrogen and oxygen atoms in total. The van der Waals surface area contributed by atoms with Crippen molar-refractivity contribution < 1.29 is 4.74 Å². The molecule has 0 fully saturated rings. The van der Waals surface area contributed by atoms with Gasteiger partial charge in [0.15, 0.2) is 0 Å². The normalized spacial score (nSPS) is 14.8. The number of ether oxygens (including phenoxy) is 1. The average molecular weight is 286 g/mol. The molecule has 0 saturated heterocycles. The third-order valence-corrected chi connectivity index (χ3v) is 3.70. The Labute approximate surface area is 122 Å². The zero-order chi connectivity index (χ0) is 14.8. The molecule has 0 unspecified atom stereocenters. The lowest BCUT2D eigenvalue weighted by Crippen LogP contribution is -2.35. The van der Waals surface area contributed by atoms with Gasteiger partial charge >= 0.3 is 0 Å². The number of aromatic amines is 1. The number of rotatable bonds is 3. The number of nitrogens with one attached hydrogen (secondary N) is 1. The Morgan fingerprint density at radius 1 is 1.48 bits per heavy atom. The summed E-state index contributed by atoms with van der Waals surface area (Å²) in [5.41, 5.74) is 2.70. The van der Waals surface area contributed by atoms with Gasteiger partial charge in [0.1, 0.15) is 5.82 Å². The lowest BCUT2D eigenvalue weighted by Gasteiger charge is -2.27. The van der Waals surface area contributed by atoms with E-state index in [2.05, 4.69) is 19.9 Å². The van der Waals surface area contributed by atoms with E-state index < -0.39 is 0 Å². The predicted molar refractivity (Wildman–Crippen MR) is 78.2 cm³/mol. The van der Waals surface area contributed by atoms with Crippen molar-refractivity contribution in [1.82, 2.24) is 19.9 Å². The highest BCUT2D eigenvalue weighted by Crippen LogP contribution is 2.20. The molecule has 21 heavy (non-hydrogen) atoms. The highest BCUT2D eigenvalue weighted by Gasteiger charge is 2.21. The molecule has 110 valence electrons. The minimum atomic E-state index is -0.0275. The van der Waals surface area contributed by atoms with Crippen LogP contribution in [0.5, 0.6) is 5.88 Å². The maximum Gasteiger partial charge on any atom is 0.255 e. The van der Waals surface area contributed by atoms with Crippen molar-refractivity contribution in [2.75, 3.05) is 13.7 Å². The number of pyridine rings is 1. The van der Waals surface area contributed by atoms with Gasteiger partial charge in [-0.3, -0.25) is 9.69 Å². The third kappa shape index (κ3) is 2.80. The number of fused-ring (bicyclic) bond motifs is 1. The Hall–Kier alpha value is -2.21. The van der Waals surface area contributed by atoms with Crippen LogP contribution >= 0.6 is 0 Å². The SMILES string of the molecule is COc1ncccc1CN1CCc2nc(C)[nH]c(=O)c2C1. The summed E-state index contributed by atoms with van der Waals surface area (Å²) in [6.07, 6.45) is 2.51. The fourth-order valence-electron chi connectivity index (χ4n) is 2.71. The summed E-state index contributed by atoms with van der Waals surface area (Å²) in [6, 6.07) is 3.90. The molecule has 2 aromatic rings. The van der Waals surface area contributed by atoms with Crippen LogP contribution in [0.3, 0.4) is 0 Å². The van der Waals surface area contributed by atoms with Gasteiger partial charge in [-0.05, 0) is 13.0 Å². The maximum atomic E-state index is 12.0. The smallest absolute Gasteiger partial charge is 0.255 e. The number of hydrogen-bond donors (Lipinski definition) is 1. The molecule has 0 atom stereocenters. The van der Waals surface area contributed by atoms with Gasteiger partial charge in [0, 0.05) is 37.8 Å². The quantitative estimate of drug-likeness (QED) is 0.913. The lowest BCUT2D eigenvalue weighted by molar-refractivity contribution is 0.237. The van der Waals surface area contributed by atoms with Crippen LogP contribution in [0.25, 0.3) is 0 Å². The van der Waals surface area contributed by atoms with E-state index in [1.54, 1.807) is 13.3 Å². The van der Waals surface area contributed by atoms with Crippen LogP contribution in [0, 0.1) is 6.92 Å². The standard InChI is InChI=1S/C15H18N4O2/c1-10-17-13-5-7-19(9-12(13)14(20)18-10)8-11-4-3-6-16-15(11)21-2/h3-4,6H,5,7-9H2,1-2H3,(H,17,18,20). The van der Waals surface area contributed by atoms with Crippen molar-refractivity contribution in [2.45, 2.75) is 26.4 Å². The summed E-state index contributed by atoms with van der Waals surface area (Å²) < 4.78 is 5.28. The Balaban J connectivity index is 1.82. The highest BCUT2D eigenvalue weighted by atomic mass is 16.5. The molecular weight excluding hydrogens is 268 g/mol. The molecule has 0 radical (unpaired) electrons. The van der Waals surface area contributed by atoms with Crippen LogP contribution in [0.1, 0.15) is 22.6 Å². The van der Waals surface area contributed by atoms with Gasteiger partial charge in [-0.25, -0.2) is 9.97 Å². The van der Waals surface area contributed by atoms with E-state index in [-0.39, 0.29) is 5.56 Å². The second kappa shape index (κ2) is 5.65. The topological polar surface area (TPSA) is 71.1 Å². The molecule has 0 spiro atoms. The molecule has 0 aromatic carbocycles. The average Bonchev–Trinajstić information content (AvgIpc) is 2.48. The zero-order valence-electron chi connectivity index (χ0n) is 12.2. The number of aromatic nitrogens is 3. The number of aryl methyl sites for hydroxylation is 1. The maximum absolute atomic E-state index is 12.0. The van der Waals surface area contributed by atoms with Gasteiger partial charge in [-0.2, -0.15) is 0 Å². The van der Waals surface area contributed by atoms with Gasteiger partial charge < -0.3 is 9.72 Å². The molecule has 6 heteroatoms. The first-order chi connectivity index (χ1) is 10.2. The van der Waals surface area contributed by atoms with Gasteiger partial charge in [0.25, 0.3) is 5.56 Å². The Morgan fingerprint density at radius 2 is 2.33 bits per heavy atom. The summed E-state index contributed by atoms with van der Waals surface area (Å²) in [4.78, 5) is 25.7. The molecule has 1 aliphatic heterocycles. The first-order valence-electron chi connectivity index (χ1n) is 6.96. The molecule has 1 N–H and O–H groups in total. The van der Waals surface area contributed by atoms with E-state index in [1.165, 1.54) is 0 Å². The number of H-pyrrole nitrogens is 1. The van der Waals surface area contributed by atoms with Gasteiger partial charge in [0.05, 0.1) is 18.4 Å². The molecule has 0 bridgehead atoms. The minimum absolute atomic E-state index is 0.0275. The van der Waals surface area contributed by atoms with Crippen molar-refractivity contribution in [3.8, 4) is 5.88 Å². The van der Waals surface area contributed by atoms with Crippen LogP contribution < -0.4 is 10.3 Å². The molecule has 3 rings (SSSR count). The molecule has 1 aliphatic rings. The Bertz CT molecular complexity index is 711. The van der Waals surface area contributed by atoms with Crippen LogP contribution in [0.4, 0.5) is 0 Å². The molecule has 0 amide bonds. The first-order valence-corrected chi connectivity index (χ1v) is 6.96. The summed E-state index contributed by atoms with van der Waals surface area (Å²) in [6.45, 7) is 4.01. The Kier molecular flexibility index (Phi) is 3.70.